The van der Waals surface area contributed by atoms with Crippen LogP contribution >= 0.6 is 0 Å². The van der Waals surface area contributed by atoms with Crippen molar-refractivity contribution in [3.05, 3.63) is 78.0 Å². The highest BCUT2D eigenvalue weighted by Crippen LogP contribution is 2.31. The van der Waals surface area contributed by atoms with Gasteiger partial charge in [-0.15, -0.1) is 0 Å². The number of hydrogen-bond donors (Lipinski definition) is 3. The van der Waals surface area contributed by atoms with Gasteiger partial charge in [-0.25, -0.2) is 4.39 Å². The average molecular weight is 499 g/mol. The van der Waals surface area contributed by atoms with E-state index in [1.54, 1.807) is 35.3 Å². The van der Waals surface area contributed by atoms with Gasteiger partial charge in [-0.2, -0.15) is 10.2 Å². The fraction of sp³-hybridized carbons (Fsp3) is 0.286. The van der Waals surface area contributed by atoms with Crippen LogP contribution < -0.4 is 5.32 Å². The van der Waals surface area contributed by atoms with Gasteiger partial charge >= 0.3 is 0 Å². The Kier molecular flexibility index (Phi) is 5.72. The third-order valence-corrected chi connectivity index (χ3v) is 7.15. The van der Waals surface area contributed by atoms with Gasteiger partial charge in [0.05, 0.1) is 28.6 Å². The van der Waals surface area contributed by atoms with E-state index in [0.717, 1.165) is 40.7 Å². The second-order valence-electron chi connectivity index (χ2n) is 10.0. The Bertz CT molecular complexity index is 1630. The molecule has 3 aromatic heterocycles. The number of aromatic amines is 1. The van der Waals surface area contributed by atoms with Crippen molar-refractivity contribution < 1.29 is 14.3 Å². The number of halogens is 1. The van der Waals surface area contributed by atoms with Gasteiger partial charge in [0.1, 0.15) is 11.5 Å². The molecule has 3 heterocycles. The van der Waals surface area contributed by atoms with Crippen LogP contribution in [0.15, 0.2) is 60.9 Å². The summed E-state index contributed by atoms with van der Waals surface area (Å²) in [7, 11) is 0. The summed E-state index contributed by atoms with van der Waals surface area (Å²) in [4.78, 5) is 17.5. The predicted molar refractivity (Wildman–Crippen MR) is 138 cm³/mol. The summed E-state index contributed by atoms with van der Waals surface area (Å²) >= 11 is 0. The summed E-state index contributed by atoms with van der Waals surface area (Å²) in [6, 6.07) is 13.9. The monoisotopic (exact) mass is 498 g/mol. The van der Waals surface area contributed by atoms with Crippen molar-refractivity contribution in [1.29, 1.82) is 0 Å². The zero-order chi connectivity index (χ0) is 25.6. The number of rotatable bonds is 5. The van der Waals surface area contributed by atoms with E-state index in [-0.39, 0.29) is 24.3 Å². The van der Waals surface area contributed by atoms with Crippen molar-refractivity contribution in [2.24, 2.45) is 0 Å². The number of hydrogen-bond acceptors (Lipinski definition) is 5. The molecule has 1 aliphatic rings. The number of aromatic nitrogens is 5. The predicted octanol–water partition coefficient (Wildman–Crippen LogP) is 4.53. The normalized spacial score (nSPS) is 19.9. The number of benzene rings is 2. The minimum Gasteiger partial charge on any atom is -0.388 e. The van der Waals surface area contributed by atoms with Crippen molar-refractivity contribution in [2.45, 2.75) is 50.8 Å². The molecule has 3 N–H and O–H groups in total. The van der Waals surface area contributed by atoms with Crippen LogP contribution in [0.3, 0.4) is 0 Å². The topological polar surface area (TPSA) is 109 Å². The Hall–Kier alpha value is -4.11. The lowest BCUT2D eigenvalue weighted by atomic mass is 9.81. The Labute approximate surface area is 212 Å². The first-order chi connectivity index (χ1) is 17.9. The van der Waals surface area contributed by atoms with Crippen molar-refractivity contribution in [3.8, 4) is 11.3 Å². The molecule has 9 heteroatoms. The first-order valence-corrected chi connectivity index (χ1v) is 12.4. The van der Waals surface area contributed by atoms with E-state index in [4.69, 9.17) is 0 Å². The van der Waals surface area contributed by atoms with Crippen LogP contribution in [0.5, 0.6) is 0 Å². The summed E-state index contributed by atoms with van der Waals surface area (Å²) in [5.74, 6) is -0.526. The van der Waals surface area contributed by atoms with Gasteiger partial charge in [0.15, 0.2) is 0 Å². The number of nitrogens with zero attached hydrogens (tertiary/aromatic N) is 4. The summed E-state index contributed by atoms with van der Waals surface area (Å²) in [6.07, 6.45) is 5.91. The van der Waals surface area contributed by atoms with E-state index in [2.05, 4.69) is 25.6 Å². The summed E-state index contributed by atoms with van der Waals surface area (Å²) in [5.41, 5.74) is 3.47. The molecular formula is C28H27FN6O2. The van der Waals surface area contributed by atoms with E-state index in [1.165, 1.54) is 6.07 Å². The molecule has 2 aromatic carbocycles. The van der Waals surface area contributed by atoms with Crippen molar-refractivity contribution in [2.75, 3.05) is 0 Å². The highest BCUT2D eigenvalue weighted by molar-refractivity contribution is 6.01. The zero-order valence-corrected chi connectivity index (χ0v) is 20.4. The van der Waals surface area contributed by atoms with Crippen molar-refractivity contribution in [3.63, 3.8) is 0 Å². The van der Waals surface area contributed by atoms with E-state index >= 15 is 0 Å². The van der Waals surface area contributed by atoms with Gasteiger partial charge in [0, 0.05) is 40.6 Å². The lowest BCUT2D eigenvalue weighted by Crippen LogP contribution is -2.47. The maximum atomic E-state index is 14.1. The van der Waals surface area contributed by atoms with Crippen molar-refractivity contribution >= 4 is 27.7 Å². The van der Waals surface area contributed by atoms with E-state index in [1.807, 2.05) is 31.2 Å². The standard InChI is InChI=1S/C28H27FN6O2/c1-17-12-18(9-11-30-17)26-21-13-19(7-8-24(21)32-33-26)27(36)31-20-4-3-10-28(37,14-20)16-35-15-22-23(29)5-2-6-25(22)34-35/h2,5-9,11-13,15,20,37H,3-4,10,14,16H2,1H3,(H,31,36)(H,32,33). The number of H-pyrrole nitrogens is 1. The van der Waals surface area contributed by atoms with Gasteiger partial charge in [-0.1, -0.05) is 6.07 Å². The average Bonchev–Trinajstić information content (AvgIpc) is 3.48. The third kappa shape index (κ3) is 4.58. The number of amides is 1. The summed E-state index contributed by atoms with van der Waals surface area (Å²) in [5, 5.41) is 27.7. The molecule has 0 bridgehead atoms. The molecule has 1 fully saturated rings. The van der Waals surface area contributed by atoms with E-state index < -0.39 is 5.60 Å². The number of fused-ring (bicyclic) bond motifs is 2. The minimum atomic E-state index is -1.05. The van der Waals surface area contributed by atoms with Crippen LogP contribution in [0.25, 0.3) is 33.1 Å². The Morgan fingerprint density at radius 1 is 1.24 bits per heavy atom. The quantitative estimate of drug-likeness (QED) is 0.330. The molecule has 1 saturated carbocycles. The van der Waals surface area contributed by atoms with E-state index in [9.17, 15) is 14.3 Å². The fourth-order valence-corrected chi connectivity index (χ4v) is 5.38. The second-order valence-corrected chi connectivity index (χ2v) is 10.0. The number of carbonyl (C=O) groups is 1. The van der Waals surface area contributed by atoms with Gasteiger partial charge in [-0.05, 0) is 75.1 Å². The summed E-state index contributed by atoms with van der Waals surface area (Å²) < 4.78 is 15.7. The second kappa shape index (κ2) is 9.08. The Morgan fingerprint density at radius 3 is 2.97 bits per heavy atom. The van der Waals surface area contributed by atoms with Crippen LogP contribution in [-0.2, 0) is 6.54 Å². The molecule has 2 unspecified atom stereocenters. The molecule has 0 saturated heterocycles. The minimum absolute atomic E-state index is 0.185. The van der Waals surface area contributed by atoms with Gasteiger partial charge < -0.3 is 10.4 Å². The Morgan fingerprint density at radius 2 is 2.14 bits per heavy atom. The molecule has 0 aliphatic heterocycles. The van der Waals surface area contributed by atoms with Crippen LogP contribution in [-0.4, -0.2) is 47.6 Å². The fourth-order valence-electron chi connectivity index (χ4n) is 5.38. The SMILES string of the molecule is Cc1cc(-c2n[nH]c3ccc(C(=O)NC4CCCC(O)(Cn5cc6c(F)cccc6n5)C4)cc23)ccn1. The first-order valence-electron chi connectivity index (χ1n) is 12.4. The molecule has 1 amide bonds. The number of pyridine rings is 1. The zero-order valence-electron chi connectivity index (χ0n) is 20.4. The largest absolute Gasteiger partial charge is 0.388 e. The van der Waals surface area contributed by atoms with Crippen LogP contribution in [0.4, 0.5) is 4.39 Å². The first kappa shape index (κ1) is 23.3. The molecule has 2 atom stereocenters. The molecule has 188 valence electrons. The molecule has 0 radical (unpaired) electrons. The molecule has 8 nitrogen and oxygen atoms in total. The Balaban J connectivity index is 1.19. The van der Waals surface area contributed by atoms with Crippen LogP contribution in [0.2, 0.25) is 0 Å². The van der Waals surface area contributed by atoms with Gasteiger partial charge in [0.25, 0.3) is 5.91 Å². The number of aliphatic hydroxyl groups is 1. The van der Waals surface area contributed by atoms with Gasteiger partial charge in [-0.3, -0.25) is 19.6 Å². The maximum Gasteiger partial charge on any atom is 0.251 e. The lowest BCUT2D eigenvalue weighted by molar-refractivity contribution is -0.0235. The molecule has 6 rings (SSSR count). The number of carbonyl (C=O) groups excluding carboxylic acids is 1. The molecular weight excluding hydrogens is 471 g/mol. The molecule has 37 heavy (non-hydrogen) atoms. The van der Waals surface area contributed by atoms with Crippen LogP contribution in [0, 0.1) is 12.7 Å². The molecule has 0 spiro atoms. The van der Waals surface area contributed by atoms with Crippen molar-refractivity contribution in [1.82, 2.24) is 30.3 Å². The lowest BCUT2D eigenvalue weighted by Gasteiger charge is -2.37. The third-order valence-electron chi connectivity index (χ3n) is 7.15. The van der Waals surface area contributed by atoms with E-state index in [0.29, 0.717) is 29.3 Å². The number of nitrogens with one attached hydrogen (secondary N) is 2. The molecule has 1 aliphatic carbocycles. The highest BCUT2D eigenvalue weighted by atomic mass is 19.1. The highest BCUT2D eigenvalue weighted by Gasteiger charge is 2.36. The summed E-state index contributed by atoms with van der Waals surface area (Å²) in [6.45, 7) is 2.17. The van der Waals surface area contributed by atoms with Crippen LogP contribution in [0.1, 0.15) is 41.7 Å². The molecule has 5 aromatic rings. The smallest absolute Gasteiger partial charge is 0.251 e. The number of aryl methyl sites for hydroxylation is 1. The maximum absolute atomic E-state index is 14.1. The van der Waals surface area contributed by atoms with Gasteiger partial charge in [0.2, 0.25) is 0 Å².